The van der Waals surface area contributed by atoms with Gasteiger partial charge in [-0.25, -0.2) is 0 Å². The molecule has 1 aliphatic heterocycles. The van der Waals surface area contributed by atoms with Gasteiger partial charge in [-0.3, -0.25) is 9.69 Å². The lowest BCUT2D eigenvalue weighted by molar-refractivity contribution is -0.125. The molecule has 2 aromatic rings. The number of methoxy groups -OCH3 is 1. The largest absolute Gasteiger partial charge is 0.489 e. The van der Waals surface area contributed by atoms with E-state index in [2.05, 4.69) is 15.4 Å². The van der Waals surface area contributed by atoms with E-state index in [-0.39, 0.29) is 18.6 Å². The summed E-state index contributed by atoms with van der Waals surface area (Å²) in [5.74, 6) is 1.33. The van der Waals surface area contributed by atoms with Crippen LogP contribution in [0.5, 0.6) is 5.75 Å². The predicted octanol–water partition coefficient (Wildman–Crippen LogP) is 1.18. The van der Waals surface area contributed by atoms with Gasteiger partial charge in [-0.05, 0) is 31.5 Å². The van der Waals surface area contributed by atoms with Gasteiger partial charge in [0.2, 0.25) is 5.91 Å². The van der Waals surface area contributed by atoms with Gasteiger partial charge in [0.15, 0.2) is 0 Å². The lowest BCUT2D eigenvalue weighted by Gasteiger charge is -2.17. The number of benzene rings is 1. The first-order valence-corrected chi connectivity index (χ1v) is 9.28. The lowest BCUT2D eigenvalue weighted by atomic mass is 10.2. The molecule has 0 aliphatic carbocycles. The highest BCUT2D eigenvalue weighted by atomic mass is 16.5. The summed E-state index contributed by atoms with van der Waals surface area (Å²) in [6.07, 6.45) is -0.585. The van der Waals surface area contributed by atoms with E-state index in [1.165, 1.54) is 7.11 Å². The average Bonchev–Trinajstić information content (AvgIpc) is 3.16. The minimum atomic E-state index is -0.585. The summed E-state index contributed by atoms with van der Waals surface area (Å²) in [5, 5.41) is 16.9. The van der Waals surface area contributed by atoms with Crippen LogP contribution in [-0.4, -0.2) is 60.0 Å². The predicted molar refractivity (Wildman–Crippen MR) is 102 cm³/mol. The van der Waals surface area contributed by atoms with Gasteiger partial charge in [-0.2, -0.15) is 0 Å². The van der Waals surface area contributed by atoms with Gasteiger partial charge in [0, 0.05) is 26.7 Å². The second-order valence-electron chi connectivity index (χ2n) is 7.10. The first kappa shape index (κ1) is 20.3. The van der Waals surface area contributed by atoms with Crippen LogP contribution >= 0.6 is 0 Å². The fraction of sp³-hybridized carbons (Fsp3) is 0.500. The Kier molecular flexibility index (Phi) is 6.66. The van der Waals surface area contributed by atoms with Gasteiger partial charge in [-0.1, -0.05) is 17.3 Å². The molecule has 1 aliphatic rings. The van der Waals surface area contributed by atoms with Gasteiger partial charge in [0.05, 0.1) is 23.4 Å². The summed E-state index contributed by atoms with van der Waals surface area (Å²) in [6, 6.07) is 7.59. The molecule has 0 radical (unpaired) electrons. The Bertz CT molecular complexity index is 770. The molecule has 3 rings (SSSR count). The third-order valence-corrected chi connectivity index (χ3v) is 4.88. The number of aryl methyl sites for hydroxylation is 2. The number of nitrogens with one attached hydrogen (secondary N) is 1. The minimum absolute atomic E-state index is 0.00138. The highest BCUT2D eigenvalue weighted by molar-refractivity contribution is 5.77. The number of rotatable bonds is 8. The zero-order valence-corrected chi connectivity index (χ0v) is 16.5. The van der Waals surface area contributed by atoms with E-state index in [4.69, 9.17) is 14.0 Å². The highest BCUT2D eigenvalue weighted by Gasteiger charge is 2.32. The average molecular weight is 389 g/mol. The van der Waals surface area contributed by atoms with Crippen LogP contribution in [0.15, 0.2) is 28.8 Å². The fourth-order valence-electron chi connectivity index (χ4n) is 3.33. The van der Waals surface area contributed by atoms with Gasteiger partial charge in [0.25, 0.3) is 0 Å². The zero-order valence-electron chi connectivity index (χ0n) is 16.5. The number of amides is 1. The van der Waals surface area contributed by atoms with Gasteiger partial charge in [0.1, 0.15) is 24.7 Å². The van der Waals surface area contributed by atoms with Crippen LogP contribution in [-0.2, 0) is 22.7 Å². The van der Waals surface area contributed by atoms with Crippen LogP contribution in [0, 0.1) is 13.8 Å². The molecular weight excluding hydrogens is 362 g/mol. The molecule has 1 fully saturated rings. The number of hydrogen-bond acceptors (Lipinski definition) is 7. The topological polar surface area (TPSA) is 97.1 Å². The molecule has 0 saturated carbocycles. The number of likely N-dealkylation sites (tertiary alicyclic amines) is 1. The summed E-state index contributed by atoms with van der Waals surface area (Å²) in [6.45, 7) is 5.99. The molecule has 2 atom stereocenters. The SMILES string of the molecule is COCC(=O)N[C@@H]1CN(Cc2ccc(OCc3c(C)noc3C)cc2)C[C@H]1O. The quantitative estimate of drug-likeness (QED) is 0.700. The number of hydrogen-bond donors (Lipinski definition) is 2. The molecular formula is C20H27N3O5. The van der Waals surface area contributed by atoms with E-state index in [1.54, 1.807) is 0 Å². The molecule has 152 valence electrons. The minimum Gasteiger partial charge on any atom is -0.489 e. The molecule has 2 heterocycles. The molecule has 1 amide bonds. The number of nitrogens with zero attached hydrogens (tertiary/aromatic N) is 2. The molecule has 8 heteroatoms. The van der Waals surface area contributed by atoms with Crippen LogP contribution in [0.3, 0.4) is 0 Å². The van der Waals surface area contributed by atoms with Gasteiger partial charge >= 0.3 is 0 Å². The number of β-amino-alcohol motifs (C(OH)–C–C–N with tert-alkyl or cyclic N) is 1. The second-order valence-corrected chi connectivity index (χ2v) is 7.10. The molecule has 0 bridgehead atoms. The molecule has 0 spiro atoms. The summed E-state index contributed by atoms with van der Waals surface area (Å²) in [5.41, 5.74) is 2.92. The van der Waals surface area contributed by atoms with Crippen LogP contribution in [0.1, 0.15) is 22.6 Å². The normalized spacial score (nSPS) is 19.7. The third-order valence-electron chi connectivity index (χ3n) is 4.88. The van der Waals surface area contributed by atoms with Crippen molar-refractivity contribution >= 4 is 5.91 Å². The van der Waals surface area contributed by atoms with Crippen LogP contribution < -0.4 is 10.1 Å². The molecule has 8 nitrogen and oxygen atoms in total. The van der Waals surface area contributed by atoms with Crippen molar-refractivity contribution in [2.75, 3.05) is 26.8 Å². The Balaban J connectivity index is 1.50. The third kappa shape index (κ3) is 5.09. The Labute approximate surface area is 164 Å². The summed E-state index contributed by atoms with van der Waals surface area (Å²) >= 11 is 0. The van der Waals surface area contributed by atoms with E-state index in [0.717, 1.165) is 28.3 Å². The Morgan fingerprint density at radius 2 is 2.07 bits per heavy atom. The van der Waals surface area contributed by atoms with Crippen molar-refractivity contribution in [1.82, 2.24) is 15.4 Å². The Morgan fingerprint density at radius 3 is 2.71 bits per heavy atom. The van der Waals surface area contributed by atoms with Gasteiger partial charge < -0.3 is 24.4 Å². The van der Waals surface area contributed by atoms with Crippen LogP contribution in [0.4, 0.5) is 0 Å². The number of carbonyl (C=O) groups excluding carboxylic acids is 1. The smallest absolute Gasteiger partial charge is 0.246 e. The van der Waals surface area contributed by atoms with E-state index in [1.807, 2.05) is 38.1 Å². The monoisotopic (exact) mass is 389 g/mol. The maximum Gasteiger partial charge on any atom is 0.246 e. The van der Waals surface area contributed by atoms with Crippen molar-refractivity contribution in [3.8, 4) is 5.75 Å². The Morgan fingerprint density at radius 1 is 1.32 bits per heavy atom. The number of aliphatic hydroxyl groups excluding tert-OH is 1. The maximum absolute atomic E-state index is 11.6. The Hall–Kier alpha value is -2.42. The molecule has 0 unspecified atom stereocenters. The molecule has 28 heavy (non-hydrogen) atoms. The van der Waals surface area contributed by atoms with Crippen molar-refractivity contribution in [3.63, 3.8) is 0 Å². The summed E-state index contributed by atoms with van der Waals surface area (Å²) in [7, 11) is 1.47. The van der Waals surface area contributed by atoms with Crippen molar-refractivity contribution in [2.24, 2.45) is 0 Å². The van der Waals surface area contributed by atoms with E-state index < -0.39 is 6.10 Å². The lowest BCUT2D eigenvalue weighted by Crippen LogP contribution is -2.44. The molecule has 1 aromatic heterocycles. The highest BCUT2D eigenvalue weighted by Crippen LogP contribution is 2.20. The first-order valence-electron chi connectivity index (χ1n) is 9.28. The van der Waals surface area contributed by atoms with Crippen molar-refractivity contribution in [3.05, 3.63) is 46.8 Å². The number of ether oxygens (including phenoxy) is 2. The first-order chi connectivity index (χ1) is 13.5. The molecule has 1 aromatic carbocycles. The van der Waals surface area contributed by atoms with Crippen molar-refractivity contribution in [2.45, 2.75) is 39.1 Å². The van der Waals surface area contributed by atoms with E-state index in [0.29, 0.717) is 26.2 Å². The van der Waals surface area contributed by atoms with E-state index >= 15 is 0 Å². The maximum atomic E-state index is 11.6. The summed E-state index contributed by atoms with van der Waals surface area (Å²) < 4.78 is 15.8. The standard InChI is InChI=1S/C20H27N3O5/c1-13-17(14(2)28-22-13)11-27-16-6-4-15(5-7-16)8-23-9-18(19(24)10-23)21-20(25)12-26-3/h4-7,18-19,24H,8-12H2,1-3H3,(H,21,25)/t18-,19-/m1/s1. The number of aliphatic hydroxyl groups is 1. The second kappa shape index (κ2) is 9.18. The number of carbonyl (C=O) groups is 1. The molecule has 2 N–H and O–H groups in total. The fourth-order valence-corrected chi connectivity index (χ4v) is 3.33. The number of aromatic nitrogens is 1. The van der Waals surface area contributed by atoms with Crippen LogP contribution in [0.25, 0.3) is 0 Å². The summed E-state index contributed by atoms with van der Waals surface area (Å²) in [4.78, 5) is 13.8. The van der Waals surface area contributed by atoms with Crippen molar-refractivity contribution < 1.29 is 23.9 Å². The van der Waals surface area contributed by atoms with E-state index in [9.17, 15) is 9.90 Å². The van der Waals surface area contributed by atoms with Crippen LogP contribution in [0.2, 0.25) is 0 Å². The molecule has 1 saturated heterocycles. The van der Waals surface area contributed by atoms with Gasteiger partial charge in [-0.15, -0.1) is 0 Å². The van der Waals surface area contributed by atoms with Crippen molar-refractivity contribution in [1.29, 1.82) is 0 Å². The zero-order chi connectivity index (χ0) is 20.1.